The van der Waals surface area contributed by atoms with E-state index in [4.69, 9.17) is 0 Å². The number of carbonyl (C=O) groups excluding carboxylic acids is 1. The third-order valence-electron chi connectivity index (χ3n) is 3.42. The Morgan fingerprint density at radius 2 is 2.18 bits per heavy atom. The number of benzene rings is 1. The number of carbonyl (C=O) groups is 1. The molecule has 1 fully saturated rings. The summed E-state index contributed by atoms with van der Waals surface area (Å²) < 4.78 is 0.281. The summed E-state index contributed by atoms with van der Waals surface area (Å²) in [5.74, 6) is 1.05. The van der Waals surface area contributed by atoms with Gasteiger partial charge in [0.15, 0.2) is 0 Å². The van der Waals surface area contributed by atoms with Crippen molar-refractivity contribution in [3.05, 3.63) is 24.3 Å². The fourth-order valence-corrected chi connectivity index (χ4v) is 3.17. The maximum absolute atomic E-state index is 11.9. The number of hydrogen-bond donors (Lipinski definition) is 2. The van der Waals surface area contributed by atoms with E-state index in [0.717, 1.165) is 36.6 Å². The van der Waals surface area contributed by atoms with Crippen molar-refractivity contribution in [2.45, 2.75) is 44.9 Å². The molecule has 1 aromatic carbocycles. The number of nitrogens with zero attached hydrogens (tertiary/aromatic N) is 1. The molecule has 122 valence electrons. The molecule has 5 heteroatoms. The second-order valence-corrected chi connectivity index (χ2v) is 8.60. The lowest BCUT2D eigenvalue weighted by molar-refractivity contribution is 0.243. The van der Waals surface area contributed by atoms with Crippen LogP contribution >= 0.6 is 11.8 Å². The molecule has 1 aliphatic heterocycles. The van der Waals surface area contributed by atoms with Gasteiger partial charge in [-0.25, -0.2) is 4.79 Å². The molecule has 2 N–H and O–H groups in total. The van der Waals surface area contributed by atoms with Gasteiger partial charge in [0, 0.05) is 41.0 Å². The summed E-state index contributed by atoms with van der Waals surface area (Å²) in [6, 6.07) is 8.50. The van der Waals surface area contributed by atoms with Crippen LogP contribution in [0.5, 0.6) is 0 Å². The largest absolute Gasteiger partial charge is 0.382 e. The Bertz CT molecular complexity index is 513. The molecule has 1 heterocycles. The van der Waals surface area contributed by atoms with Gasteiger partial charge in [-0.2, -0.15) is 11.8 Å². The molecule has 0 aliphatic carbocycles. The predicted octanol–water partition coefficient (Wildman–Crippen LogP) is 3.94. The number of amides is 2. The van der Waals surface area contributed by atoms with E-state index in [9.17, 15) is 4.79 Å². The van der Waals surface area contributed by atoms with Crippen molar-refractivity contribution in [3.63, 3.8) is 0 Å². The molecule has 1 aromatic rings. The predicted molar refractivity (Wildman–Crippen MR) is 97.1 cm³/mol. The number of nitrogens with one attached hydrogen (secondary N) is 2. The monoisotopic (exact) mass is 321 g/mol. The summed E-state index contributed by atoms with van der Waals surface area (Å²) in [6.07, 6.45) is 0.988. The second kappa shape index (κ2) is 7.27. The lowest BCUT2D eigenvalue weighted by Gasteiger charge is -2.28. The van der Waals surface area contributed by atoms with E-state index < -0.39 is 0 Å². The van der Waals surface area contributed by atoms with E-state index in [-0.39, 0.29) is 10.8 Å². The quantitative estimate of drug-likeness (QED) is 0.863. The van der Waals surface area contributed by atoms with Gasteiger partial charge < -0.3 is 10.6 Å². The zero-order chi connectivity index (χ0) is 16.2. The summed E-state index contributed by atoms with van der Waals surface area (Å²) in [5.41, 5.74) is 2.02. The van der Waals surface area contributed by atoms with Gasteiger partial charge in [0.1, 0.15) is 0 Å². The highest BCUT2D eigenvalue weighted by atomic mass is 32.2. The Morgan fingerprint density at radius 1 is 1.41 bits per heavy atom. The van der Waals surface area contributed by atoms with Crippen molar-refractivity contribution in [2.75, 3.05) is 29.1 Å². The van der Waals surface area contributed by atoms with E-state index in [1.54, 1.807) is 0 Å². The van der Waals surface area contributed by atoms with Crippen LogP contribution in [0.15, 0.2) is 24.3 Å². The summed E-state index contributed by atoms with van der Waals surface area (Å²) in [7, 11) is 0. The zero-order valence-corrected chi connectivity index (χ0v) is 14.8. The molecule has 1 saturated heterocycles. The van der Waals surface area contributed by atoms with Gasteiger partial charge in [-0.15, -0.1) is 0 Å². The highest BCUT2D eigenvalue weighted by molar-refractivity contribution is 8.00. The molecule has 0 unspecified atom stereocenters. The molecule has 22 heavy (non-hydrogen) atoms. The average Bonchev–Trinajstić information content (AvgIpc) is 2.45. The zero-order valence-electron chi connectivity index (χ0n) is 14.0. The number of anilines is 2. The van der Waals surface area contributed by atoms with Crippen LogP contribution in [0.1, 0.15) is 34.1 Å². The molecule has 0 radical (unpaired) electrons. The maximum atomic E-state index is 11.9. The van der Waals surface area contributed by atoms with Crippen LogP contribution in [0.25, 0.3) is 0 Å². The van der Waals surface area contributed by atoms with E-state index in [2.05, 4.69) is 50.5 Å². The Kier molecular flexibility index (Phi) is 5.62. The highest BCUT2D eigenvalue weighted by Crippen LogP contribution is 2.26. The van der Waals surface area contributed by atoms with Crippen molar-refractivity contribution in [2.24, 2.45) is 0 Å². The minimum Gasteiger partial charge on any atom is -0.382 e. The van der Waals surface area contributed by atoms with Crippen LogP contribution < -0.4 is 15.5 Å². The summed E-state index contributed by atoms with van der Waals surface area (Å²) in [6.45, 7) is 10.5. The summed E-state index contributed by atoms with van der Waals surface area (Å²) in [4.78, 5) is 13.7. The van der Waals surface area contributed by atoms with Crippen LogP contribution in [-0.4, -0.2) is 35.7 Å². The van der Waals surface area contributed by atoms with Gasteiger partial charge in [0.25, 0.3) is 0 Å². The van der Waals surface area contributed by atoms with E-state index in [1.807, 2.05) is 28.8 Å². The van der Waals surface area contributed by atoms with Crippen molar-refractivity contribution < 1.29 is 4.79 Å². The van der Waals surface area contributed by atoms with E-state index in [1.165, 1.54) is 0 Å². The van der Waals surface area contributed by atoms with Crippen molar-refractivity contribution >= 4 is 29.2 Å². The molecule has 0 bridgehead atoms. The van der Waals surface area contributed by atoms with Gasteiger partial charge in [-0.1, -0.05) is 26.8 Å². The van der Waals surface area contributed by atoms with E-state index in [0.29, 0.717) is 6.04 Å². The first kappa shape index (κ1) is 17.0. The minimum atomic E-state index is -0.000244. The maximum Gasteiger partial charge on any atom is 0.321 e. The lowest BCUT2D eigenvalue weighted by Crippen LogP contribution is -2.46. The Hall–Kier alpha value is -1.36. The van der Waals surface area contributed by atoms with Gasteiger partial charge in [0.05, 0.1) is 0 Å². The molecular formula is C17H27N3OS. The third-order valence-corrected chi connectivity index (χ3v) is 4.95. The highest BCUT2D eigenvalue weighted by Gasteiger charge is 2.19. The smallest absolute Gasteiger partial charge is 0.321 e. The molecular weight excluding hydrogens is 294 g/mol. The van der Waals surface area contributed by atoms with Crippen LogP contribution in [-0.2, 0) is 0 Å². The number of urea groups is 1. The fraction of sp³-hybridized carbons (Fsp3) is 0.588. The Labute approximate surface area is 138 Å². The molecule has 1 atom stereocenters. The van der Waals surface area contributed by atoms with Crippen LogP contribution in [0.3, 0.4) is 0 Å². The van der Waals surface area contributed by atoms with Crippen LogP contribution in [0, 0.1) is 0 Å². The van der Waals surface area contributed by atoms with Gasteiger partial charge >= 0.3 is 6.03 Å². The van der Waals surface area contributed by atoms with Crippen molar-refractivity contribution in [1.82, 2.24) is 5.32 Å². The fourth-order valence-electron chi connectivity index (χ4n) is 2.34. The summed E-state index contributed by atoms with van der Waals surface area (Å²) in [5, 5.41) is 6.42. The number of thioether (sulfide) groups is 1. The van der Waals surface area contributed by atoms with Gasteiger partial charge in [0.2, 0.25) is 0 Å². The molecule has 2 rings (SSSR count). The molecule has 0 spiro atoms. The van der Waals surface area contributed by atoms with Crippen LogP contribution in [0.4, 0.5) is 16.2 Å². The Balaban J connectivity index is 1.97. The number of rotatable bonds is 5. The topological polar surface area (TPSA) is 44.4 Å². The third kappa shape index (κ3) is 5.13. The standard InChI is InChI=1S/C17H27N3OS/c1-13(12-22-17(2,3)4)19-14-7-5-8-15(11-14)20-10-6-9-18-16(20)21/h5,7-8,11,13,19H,6,9-10,12H2,1-4H3,(H,18,21)/t13-/m1/s1. The first-order chi connectivity index (χ1) is 10.3. The molecule has 1 aliphatic rings. The SMILES string of the molecule is C[C@H](CSC(C)(C)C)Nc1cccc(N2CCCNC2=O)c1. The van der Waals surface area contributed by atoms with Crippen molar-refractivity contribution in [1.29, 1.82) is 0 Å². The molecule has 2 amide bonds. The number of hydrogen-bond acceptors (Lipinski definition) is 3. The molecule has 4 nitrogen and oxygen atoms in total. The second-order valence-electron chi connectivity index (χ2n) is 6.76. The molecule has 0 saturated carbocycles. The van der Waals surface area contributed by atoms with Crippen molar-refractivity contribution in [3.8, 4) is 0 Å². The van der Waals surface area contributed by atoms with Gasteiger partial charge in [-0.05, 0) is 31.5 Å². The summed E-state index contributed by atoms with van der Waals surface area (Å²) >= 11 is 1.96. The van der Waals surface area contributed by atoms with Gasteiger partial charge in [-0.3, -0.25) is 4.90 Å². The minimum absolute atomic E-state index is 0.000244. The van der Waals surface area contributed by atoms with E-state index >= 15 is 0 Å². The average molecular weight is 321 g/mol. The first-order valence-electron chi connectivity index (χ1n) is 7.91. The van der Waals surface area contributed by atoms with Crippen LogP contribution in [0.2, 0.25) is 0 Å². The first-order valence-corrected chi connectivity index (χ1v) is 8.90. The lowest BCUT2D eigenvalue weighted by atomic mass is 10.2. The Morgan fingerprint density at radius 3 is 2.86 bits per heavy atom. The molecule has 0 aromatic heterocycles. The normalized spacial score (nSPS) is 17.1.